The first-order chi connectivity index (χ1) is 11.9. The molecule has 0 fully saturated rings. The Bertz CT molecular complexity index is 696. The topological polar surface area (TPSA) is 82.1 Å². The number of carbonyl (C=O) groups excluding carboxylic acids is 2. The Kier molecular flexibility index (Phi) is 6.03. The fraction of sp³-hybridized carbons (Fsp3) is 0.529. The molecule has 1 atom stereocenters. The van der Waals surface area contributed by atoms with Crippen molar-refractivity contribution in [2.75, 3.05) is 31.8 Å². The number of para-hydroxylation sites is 1. The third-order valence-electron chi connectivity index (χ3n) is 4.17. The van der Waals surface area contributed by atoms with E-state index in [2.05, 4.69) is 0 Å². The standard InChI is InChI=1S/C17H24NO6P/c1-5-22-16(20)17(25(21,23-6-2)24-7-3)12-15(19)18(4)14-11-9-8-10-13(14)17/h8-11H,5-7,12H2,1-4H3/t17-/m0/s1. The number of amides is 1. The van der Waals surface area contributed by atoms with Gasteiger partial charge in [0.05, 0.1) is 26.2 Å². The van der Waals surface area contributed by atoms with Crippen LogP contribution >= 0.6 is 7.60 Å². The van der Waals surface area contributed by atoms with Crippen LogP contribution in [0.4, 0.5) is 5.69 Å². The van der Waals surface area contributed by atoms with E-state index < -0.39 is 18.7 Å². The first kappa shape index (κ1) is 19.6. The molecule has 138 valence electrons. The van der Waals surface area contributed by atoms with Gasteiger partial charge < -0.3 is 18.7 Å². The Hall–Kier alpha value is -1.69. The number of hydrogen-bond donors (Lipinski definition) is 0. The Morgan fingerprint density at radius 3 is 2.32 bits per heavy atom. The van der Waals surface area contributed by atoms with Crippen molar-refractivity contribution in [2.24, 2.45) is 0 Å². The second kappa shape index (κ2) is 7.68. The molecule has 0 N–H and O–H groups in total. The van der Waals surface area contributed by atoms with Gasteiger partial charge in [-0.15, -0.1) is 0 Å². The highest BCUT2D eigenvalue weighted by molar-refractivity contribution is 7.56. The molecule has 7 nitrogen and oxygen atoms in total. The van der Waals surface area contributed by atoms with Crippen LogP contribution in [0.5, 0.6) is 0 Å². The van der Waals surface area contributed by atoms with Gasteiger partial charge in [0.15, 0.2) is 0 Å². The van der Waals surface area contributed by atoms with E-state index in [4.69, 9.17) is 13.8 Å². The lowest BCUT2D eigenvalue weighted by Crippen LogP contribution is -2.48. The Balaban J connectivity index is 2.81. The minimum absolute atomic E-state index is 0.0740. The zero-order chi connectivity index (χ0) is 18.7. The van der Waals surface area contributed by atoms with E-state index in [1.807, 2.05) is 0 Å². The van der Waals surface area contributed by atoms with Crippen LogP contribution in [0.25, 0.3) is 0 Å². The molecule has 8 heteroatoms. The number of ether oxygens (including phenoxy) is 1. The summed E-state index contributed by atoms with van der Waals surface area (Å²) in [7, 11) is -2.42. The molecule has 1 aromatic rings. The fourth-order valence-corrected chi connectivity index (χ4v) is 5.37. The van der Waals surface area contributed by atoms with Crippen LogP contribution in [-0.2, 0) is 33.1 Å². The number of carbonyl (C=O) groups is 2. The van der Waals surface area contributed by atoms with Gasteiger partial charge in [-0.05, 0) is 26.8 Å². The molecule has 1 heterocycles. The van der Waals surface area contributed by atoms with Crippen molar-refractivity contribution in [3.05, 3.63) is 29.8 Å². The predicted octanol–water partition coefficient (Wildman–Crippen LogP) is 3.08. The summed E-state index contributed by atoms with van der Waals surface area (Å²) in [6.45, 7) is 5.21. The number of esters is 1. The maximum atomic E-state index is 13.7. The molecule has 1 aromatic carbocycles. The van der Waals surface area contributed by atoms with Crippen molar-refractivity contribution in [3.8, 4) is 0 Å². The summed E-state index contributed by atoms with van der Waals surface area (Å²) in [5, 5.41) is -1.81. The summed E-state index contributed by atoms with van der Waals surface area (Å²) >= 11 is 0. The summed E-state index contributed by atoms with van der Waals surface area (Å²) in [6.07, 6.45) is -0.337. The number of hydrogen-bond acceptors (Lipinski definition) is 6. The summed E-state index contributed by atoms with van der Waals surface area (Å²) in [5.74, 6) is -1.12. The highest BCUT2D eigenvalue weighted by atomic mass is 31.2. The Morgan fingerprint density at radius 2 is 1.76 bits per heavy atom. The smallest absolute Gasteiger partial charge is 0.353 e. The maximum absolute atomic E-state index is 13.7. The van der Waals surface area contributed by atoms with Crippen molar-refractivity contribution < 1.29 is 27.9 Å². The van der Waals surface area contributed by atoms with Gasteiger partial charge in [0.1, 0.15) is 0 Å². The van der Waals surface area contributed by atoms with Crippen molar-refractivity contribution in [1.29, 1.82) is 0 Å². The van der Waals surface area contributed by atoms with Crippen molar-refractivity contribution in [3.63, 3.8) is 0 Å². The van der Waals surface area contributed by atoms with Crippen molar-refractivity contribution in [1.82, 2.24) is 0 Å². The number of fused-ring (bicyclic) bond motifs is 1. The van der Waals surface area contributed by atoms with Crippen molar-refractivity contribution in [2.45, 2.75) is 32.3 Å². The molecule has 0 aromatic heterocycles. The van der Waals surface area contributed by atoms with Crippen LogP contribution in [0, 0.1) is 0 Å². The van der Waals surface area contributed by atoms with Gasteiger partial charge >= 0.3 is 13.6 Å². The van der Waals surface area contributed by atoms with Gasteiger partial charge in [0, 0.05) is 18.3 Å². The zero-order valence-electron chi connectivity index (χ0n) is 15.0. The van der Waals surface area contributed by atoms with Gasteiger partial charge in [-0.1, -0.05) is 18.2 Å². The Morgan fingerprint density at radius 1 is 1.16 bits per heavy atom. The minimum atomic E-state index is -4.03. The van der Waals surface area contributed by atoms with Gasteiger partial charge in [-0.25, -0.2) is 0 Å². The molecule has 0 spiro atoms. The molecule has 0 aliphatic carbocycles. The van der Waals surface area contributed by atoms with E-state index in [9.17, 15) is 14.2 Å². The molecule has 0 unspecified atom stereocenters. The molecular weight excluding hydrogens is 345 g/mol. The fourth-order valence-electron chi connectivity index (χ4n) is 3.07. The van der Waals surface area contributed by atoms with E-state index in [1.165, 1.54) is 4.90 Å². The molecule has 0 saturated carbocycles. The highest BCUT2D eigenvalue weighted by Gasteiger charge is 2.63. The summed E-state index contributed by atoms with van der Waals surface area (Å²) in [6, 6.07) is 6.83. The number of rotatable bonds is 7. The summed E-state index contributed by atoms with van der Waals surface area (Å²) in [4.78, 5) is 27.1. The monoisotopic (exact) mass is 369 g/mol. The van der Waals surface area contributed by atoms with E-state index in [0.717, 1.165) is 0 Å². The van der Waals surface area contributed by atoms with Crippen LogP contribution in [-0.4, -0.2) is 38.7 Å². The minimum Gasteiger partial charge on any atom is -0.465 e. The molecule has 1 aliphatic heterocycles. The summed E-state index contributed by atoms with van der Waals surface area (Å²) in [5.41, 5.74) is 0.909. The highest BCUT2D eigenvalue weighted by Crippen LogP contribution is 2.69. The lowest BCUT2D eigenvalue weighted by atomic mass is 9.88. The molecular formula is C17H24NO6P. The van der Waals surface area contributed by atoms with E-state index >= 15 is 0 Å². The lowest BCUT2D eigenvalue weighted by Gasteiger charge is -2.42. The van der Waals surface area contributed by atoms with Gasteiger partial charge in [0.25, 0.3) is 0 Å². The van der Waals surface area contributed by atoms with E-state index in [-0.39, 0.29) is 32.1 Å². The average molecular weight is 369 g/mol. The largest absolute Gasteiger partial charge is 0.465 e. The van der Waals surface area contributed by atoms with Crippen LogP contribution in [0.3, 0.4) is 0 Å². The molecule has 1 amide bonds. The quantitative estimate of drug-likeness (QED) is 0.543. The maximum Gasteiger partial charge on any atom is 0.353 e. The van der Waals surface area contributed by atoms with Crippen LogP contribution in [0.15, 0.2) is 24.3 Å². The molecule has 0 radical (unpaired) electrons. The van der Waals surface area contributed by atoms with E-state index in [1.54, 1.807) is 52.1 Å². The van der Waals surface area contributed by atoms with Gasteiger partial charge in [-0.2, -0.15) is 0 Å². The second-order valence-corrected chi connectivity index (χ2v) is 7.84. The number of nitrogens with zero attached hydrogens (tertiary/aromatic N) is 1. The zero-order valence-corrected chi connectivity index (χ0v) is 15.9. The second-order valence-electron chi connectivity index (χ2n) is 5.56. The molecule has 25 heavy (non-hydrogen) atoms. The first-order valence-electron chi connectivity index (χ1n) is 8.30. The van der Waals surface area contributed by atoms with E-state index in [0.29, 0.717) is 11.3 Å². The molecule has 1 aliphatic rings. The SMILES string of the molecule is CCOC(=O)[C@]1(P(=O)(OCC)OCC)CC(=O)N(C)c2ccccc21. The van der Waals surface area contributed by atoms with Crippen LogP contribution < -0.4 is 4.90 Å². The third kappa shape index (κ3) is 3.12. The molecule has 0 bridgehead atoms. The predicted molar refractivity (Wildman–Crippen MR) is 93.6 cm³/mol. The van der Waals surface area contributed by atoms with Gasteiger partial charge in [0.2, 0.25) is 11.1 Å². The van der Waals surface area contributed by atoms with Crippen LogP contribution in [0.2, 0.25) is 0 Å². The average Bonchev–Trinajstić information content (AvgIpc) is 2.58. The van der Waals surface area contributed by atoms with Gasteiger partial charge in [-0.3, -0.25) is 14.2 Å². The Labute approximate surface area is 147 Å². The first-order valence-corrected chi connectivity index (χ1v) is 9.84. The van der Waals surface area contributed by atoms with Crippen LogP contribution in [0.1, 0.15) is 32.8 Å². The number of benzene rings is 1. The molecule has 0 saturated heterocycles. The normalized spacial score (nSPS) is 20.3. The summed E-state index contributed by atoms with van der Waals surface area (Å²) < 4.78 is 29.9. The molecule has 2 rings (SSSR count). The lowest BCUT2D eigenvalue weighted by molar-refractivity contribution is -0.149. The third-order valence-corrected chi connectivity index (χ3v) is 6.88. The van der Waals surface area contributed by atoms with Crippen molar-refractivity contribution >= 4 is 25.2 Å². The number of anilines is 1.